The molecule has 2 rings (SSSR count). The lowest BCUT2D eigenvalue weighted by Crippen LogP contribution is -2.46. The molecule has 1 aromatic rings. The molecule has 3 nitrogen and oxygen atoms in total. The van der Waals surface area contributed by atoms with Crippen molar-refractivity contribution in [3.63, 3.8) is 0 Å². The van der Waals surface area contributed by atoms with Crippen LogP contribution in [0.5, 0.6) is 0 Å². The van der Waals surface area contributed by atoms with Gasteiger partial charge in [0.15, 0.2) is 0 Å². The van der Waals surface area contributed by atoms with Crippen LogP contribution in [0.3, 0.4) is 0 Å². The quantitative estimate of drug-likeness (QED) is 0.834. The predicted octanol–water partition coefficient (Wildman–Crippen LogP) is 1.54. The second kappa shape index (κ2) is 5.07. The third-order valence-corrected chi connectivity index (χ3v) is 3.43. The summed E-state index contributed by atoms with van der Waals surface area (Å²) in [6.45, 7) is 3.72. The van der Waals surface area contributed by atoms with Gasteiger partial charge in [-0.2, -0.15) is 0 Å². The second-order valence-electron chi connectivity index (χ2n) is 5.21. The van der Waals surface area contributed by atoms with Crippen LogP contribution >= 0.6 is 0 Å². The lowest BCUT2D eigenvalue weighted by atomic mass is 10.0. The maximum Gasteiger partial charge on any atom is 0.0915 e. The summed E-state index contributed by atoms with van der Waals surface area (Å²) in [5.74, 6) is 0. The van der Waals surface area contributed by atoms with E-state index in [0.717, 1.165) is 13.0 Å². The third-order valence-electron chi connectivity index (χ3n) is 3.43. The molecular formula is C14H22N2O. The van der Waals surface area contributed by atoms with Crippen LogP contribution in [0, 0.1) is 0 Å². The Kier molecular flexibility index (Phi) is 3.69. The van der Waals surface area contributed by atoms with Crippen LogP contribution in [0.15, 0.2) is 24.3 Å². The molecule has 1 aliphatic heterocycles. The zero-order valence-corrected chi connectivity index (χ0v) is 10.5. The molecule has 1 aromatic carbocycles. The summed E-state index contributed by atoms with van der Waals surface area (Å²) >= 11 is 0. The minimum atomic E-state index is -0.808. The number of nitrogens with zero attached hydrogens (tertiary/aromatic N) is 1. The maximum atomic E-state index is 10.1. The van der Waals surface area contributed by atoms with Gasteiger partial charge in [-0.3, -0.25) is 0 Å². The van der Waals surface area contributed by atoms with Crippen molar-refractivity contribution in [3.8, 4) is 0 Å². The van der Waals surface area contributed by atoms with Gasteiger partial charge in [0, 0.05) is 25.3 Å². The molecule has 1 atom stereocenters. The van der Waals surface area contributed by atoms with E-state index >= 15 is 0 Å². The number of hydrogen-bond acceptors (Lipinski definition) is 3. The lowest BCUT2D eigenvalue weighted by Gasteiger charge is -2.32. The second-order valence-corrected chi connectivity index (χ2v) is 5.21. The Labute approximate surface area is 103 Å². The fourth-order valence-corrected chi connectivity index (χ4v) is 2.41. The van der Waals surface area contributed by atoms with Crippen molar-refractivity contribution in [3.05, 3.63) is 29.8 Å². The highest BCUT2D eigenvalue weighted by atomic mass is 16.3. The molecule has 0 fully saturated rings. The third kappa shape index (κ3) is 2.99. The summed E-state index contributed by atoms with van der Waals surface area (Å²) in [6.07, 6.45) is 3.53. The molecule has 0 saturated carbocycles. The minimum Gasteiger partial charge on any atom is -0.387 e. The van der Waals surface area contributed by atoms with Crippen LogP contribution in [-0.2, 0) is 6.42 Å². The predicted molar refractivity (Wildman–Crippen MR) is 71.3 cm³/mol. The number of β-amino-alcohol motifs (C(OH)–C–C–N with tert-alkyl or cyclic N) is 1. The molecule has 0 bridgehead atoms. The standard InChI is InChI=1S/C14H22N2O/c1-14(17,10-15)11-16-9-5-4-7-12-6-2-3-8-13(12)16/h2-3,6,8,17H,4-5,7,9-11,15H2,1H3. The van der Waals surface area contributed by atoms with E-state index in [1.165, 1.54) is 24.1 Å². The van der Waals surface area contributed by atoms with E-state index < -0.39 is 5.60 Å². The average Bonchev–Trinajstić information content (AvgIpc) is 2.52. The Bertz CT molecular complexity index is 376. The number of fused-ring (bicyclic) bond motifs is 1. The van der Waals surface area contributed by atoms with Crippen LogP contribution in [-0.4, -0.2) is 30.3 Å². The first-order chi connectivity index (χ1) is 8.12. The molecule has 0 saturated heterocycles. The molecule has 1 heterocycles. The highest BCUT2D eigenvalue weighted by Crippen LogP contribution is 2.27. The molecular weight excluding hydrogens is 212 g/mol. The first-order valence-electron chi connectivity index (χ1n) is 6.38. The van der Waals surface area contributed by atoms with Crippen molar-refractivity contribution >= 4 is 5.69 Å². The van der Waals surface area contributed by atoms with Crippen LogP contribution in [0.25, 0.3) is 0 Å². The summed E-state index contributed by atoms with van der Waals surface area (Å²) in [7, 11) is 0. The molecule has 94 valence electrons. The van der Waals surface area contributed by atoms with Gasteiger partial charge in [-0.15, -0.1) is 0 Å². The van der Waals surface area contributed by atoms with Gasteiger partial charge in [0.2, 0.25) is 0 Å². The summed E-state index contributed by atoms with van der Waals surface area (Å²) in [5, 5.41) is 10.1. The Morgan fingerprint density at radius 3 is 2.88 bits per heavy atom. The molecule has 0 spiro atoms. The summed E-state index contributed by atoms with van der Waals surface area (Å²) in [6, 6.07) is 8.48. The van der Waals surface area contributed by atoms with E-state index in [-0.39, 0.29) is 0 Å². The fourth-order valence-electron chi connectivity index (χ4n) is 2.41. The molecule has 1 aliphatic rings. The largest absolute Gasteiger partial charge is 0.387 e. The van der Waals surface area contributed by atoms with Gasteiger partial charge in [0.25, 0.3) is 0 Å². The lowest BCUT2D eigenvalue weighted by molar-refractivity contribution is 0.0760. The van der Waals surface area contributed by atoms with Crippen molar-refractivity contribution in [2.24, 2.45) is 5.73 Å². The van der Waals surface area contributed by atoms with E-state index in [2.05, 4.69) is 29.2 Å². The number of nitrogens with two attached hydrogens (primary N) is 1. The molecule has 0 amide bonds. The van der Waals surface area contributed by atoms with Crippen molar-refractivity contribution in [1.82, 2.24) is 0 Å². The average molecular weight is 234 g/mol. The SMILES string of the molecule is CC(O)(CN)CN1CCCCc2ccccc21. The van der Waals surface area contributed by atoms with Crippen LogP contribution < -0.4 is 10.6 Å². The van der Waals surface area contributed by atoms with Crippen molar-refractivity contribution in [1.29, 1.82) is 0 Å². The van der Waals surface area contributed by atoms with Crippen LogP contribution in [0.4, 0.5) is 5.69 Å². The molecule has 3 N–H and O–H groups in total. The van der Waals surface area contributed by atoms with E-state index in [1.807, 2.05) is 0 Å². The Morgan fingerprint density at radius 1 is 1.35 bits per heavy atom. The van der Waals surface area contributed by atoms with Gasteiger partial charge in [-0.25, -0.2) is 0 Å². The highest BCUT2D eigenvalue weighted by Gasteiger charge is 2.24. The van der Waals surface area contributed by atoms with Crippen molar-refractivity contribution in [2.75, 3.05) is 24.5 Å². The van der Waals surface area contributed by atoms with Crippen molar-refractivity contribution < 1.29 is 5.11 Å². The van der Waals surface area contributed by atoms with Gasteiger partial charge in [-0.1, -0.05) is 18.2 Å². The summed E-state index contributed by atoms with van der Waals surface area (Å²) in [5.41, 5.74) is 7.45. The zero-order valence-electron chi connectivity index (χ0n) is 10.5. The number of anilines is 1. The number of rotatable bonds is 3. The summed E-state index contributed by atoms with van der Waals surface area (Å²) < 4.78 is 0. The first kappa shape index (κ1) is 12.4. The maximum absolute atomic E-state index is 10.1. The Morgan fingerprint density at radius 2 is 2.12 bits per heavy atom. The number of hydrogen-bond donors (Lipinski definition) is 2. The highest BCUT2D eigenvalue weighted by molar-refractivity contribution is 5.54. The number of para-hydroxylation sites is 1. The Balaban J connectivity index is 2.23. The topological polar surface area (TPSA) is 49.5 Å². The summed E-state index contributed by atoms with van der Waals surface area (Å²) in [4.78, 5) is 2.27. The number of aryl methyl sites for hydroxylation is 1. The molecule has 1 unspecified atom stereocenters. The van der Waals surface area contributed by atoms with Gasteiger partial charge in [-0.05, 0) is 37.8 Å². The van der Waals surface area contributed by atoms with E-state index in [4.69, 9.17) is 5.73 Å². The fraction of sp³-hybridized carbons (Fsp3) is 0.571. The minimum absolute atomic E-state index is 0.297. The molecule has 0 radical (unpaired) electrons. The molecule has 0 aliphatic carbocycles. The van der Waals surface area contributed by atoms with E-state index in [9.17, 15) is 5.11 Å². The van der Waals surface area contributed by atoms with Gasteiger partial charge in [0.1, 0.15) is 0 Å². The smallest absolute Gasteiger partial charge is 0.0915 e. The monoisotopic (exact) mass is 234 g/mol. The molecule has 3 heteroatoms. The van der Waals surface area contributed by atoms with Gasteiger partial charge in [0.05, 0.1) is 5.60 Å². The molecule has 0 aromatic heterocycles. The zero-order chi connectivity index (χ0) is 12.3. The van der Waals surface area contributed by atoms with Gasteiger partial charge < -0.3 is 15.7 Å². The van der Waals surface area contributed by atoms with Crippen molar-refractivity contribution in [2.45, 2.75) is 31.8 Å². The van der Waals surface area contributed by atoms with Gasteiger partial charge >= 0.3 is 0 Å². The number of benzene rings is 1. The molecule has 17 heavy (non-hydrogen) atoms. The Hall–Kier alpha value is -1.06. The van der Waals surface area contributed by atoms with E-state index in [0.29, 0.717) is 13.1 Å². The van der Waals surface area contributed by atoms with Crippen LogP contribution in [0.1, 0.15) is 25.3 Å². The van der Waals surface area contributed by atoms with Crippen LogP contribution in [0.2, 0.25) is 0 Å². The van der Waals surface area contributed by atoms with E-state index in [1.54, 1.807) is 6.92 Å². The number of aliphatic hydroxyl groups is 1. The first-order valence-corrected chi connectivity index (χ1v) is 6.38. The normalized spacial score (nSPS) is 19.4.